The molecule has 1 N–H and O–H groups in total. The normalized spacial score (nSPS) is 11.0. The highest BCUT2D eigenvalue weighted by atomic mass is 19.2. The summed E-state index contributed by atoms with van der Waals surface area (Å²) >= 11 is 0. The van der Waals surface area contributed by atoms with E-state index in [1.165, 1.54) is 12.1 Å². The zero-order chi connectivity index (χ0) is 22.3. The van der Waals surface area contributed by atoms with Crippen LogP contribution in [0.15, 0.2) is 46.9 Å². The summed E-state index contributed by atoms with van der Waals surface area (Å²) in [5, 5.41) is 2.20. The first-order valence-corrected chi connectivity index (χ1v) is 8.99. The van der Waals surface area contributed by atoms with E-state index in [9.17, 15) is 22.4 Å². The number of amides is 1. The minimum atomic E-state index is -1.85. The molecule has 0 aliphatic rings. The maximum atomic E-state index is 14.1. The Morgan fingerprint density at radius 2 is 1.61 bits per heavy atom. The number of rotatable bonds is 4. The fourth-order valence-electron chi connectivity index (χ4n) is 3.04. The second kappa shape index (κ2) is 7.75. The molecular weight excluding hydrogens is 416 g/mol. The van der Waals surface area contributed by atoms with Crippen LogP contribution < -0.4 is 10.1 Å². The van der Waals surface area contributed by atoms with Crippen LogP contribution in [0.3, 0.4) is 0 Å². The van der Waals surface area contributed by atoms with Crippen molar-refractivity contribution < 1.29 is 31.5 Å². The van der Waals surface area contributed by atoms with Gasteiger partial charge in [0, 0.05) is 11.3 Å². The van der Waals surface area contributed by atoms with E-state index in [4.69, 9.17) is 4.42 Å². The van der Waals surface area contributed by atoms with Crippen molar-refractivity contribution in [3.8, 4) is 17.2 Å². The molecule has 158 valence electrons. The van der Waals surface area contributed by atoms with Gasteiger partial charge < -0.3 is 14.5 Å². The van der Waals surface area contributed by atoms with Gasteiger partial charge in [-0.1, -0.05) is 6.07 Å². The molecule has 0 fully saturated rings. The van der Waals surface area contributed by atoms with E-state index >= 15 is 0 Å². The molecule has 0 aliphatic heterocycles. The number of aryl methyl sites for hydroxylation is 1. The lowest BCUT2D eigenvalue weighted by Crippen LogP contribution is -2.18. The molecule has 0 saturated carbocycles. The Hall–Kier alpha value is -3.88. The third-order valence-corrected chi connectivity index (χ3v) is 4.59. The molecular formula is C22H14F4N2O3. The van der Waals surface area contributed by atoms with E-state index in [1.54, 1.807) is 18.2 Å². The van der Waals surface area contributed by atoms with Gasteiger partial charge in [-0.25, -0.2) is 13.8 Å². The van der Waals surface area contributed by atoms with Gasteiger partial charge >= 0.3 is 0 Å². The van der Waals surface area contributed by atoms with Crippen molar-refractivity contribution >= 4 is 22.7 Å². The molecule has 0 saturated heterocycles. The van der Waals surface area contributed by atoms with Gasteiger partial charge in [-0.15, -0.1) is 0 Å². The SMILES string of the molecule is COc1c(F)c(F)c(C(=O)Nc2ccc(-c3nc4cc(C)ccc4o3)cc2)c(F)c1F. The average molecular weight is 430 g/mol. The van der Waals surface area contributed by atoms with E-state index in [-0.39, 0.29) is 5.69 Å². The Morgan fingerprint density at radius 3 is 2.23 bits per heavy atom. The molecule has 0 aliphatic carbocycles. The first-order chi connectivity index (χ1) is 14.8. The lowest BCUT2D eigenvalue weighted by atomic mass is 10.1. The molecule has 4 rings (SSSR count). The third-order valence-electron chi connectivity index (χ3n) is 4.59. The smallest absolute Gasteiger partial charge is 0.261 e. The van der Waals surface area contributed by atoms with Crippen LogP contribution in [0.2, 0.25) is 0 Å². The third kappa shape index (κ3) is 3.58. The van der Waals surface area contributed by atoms with Crippen LogP contribution in [-0.2, 0) is 0 Å². The molecule has 4 aromatic rings. The highest BCUT2D eigenvalue weighted by Crippen LogP contribution is 2.31. The maximum Gasteiger partial charge on any atom is 0.261 e. The number of nitrogens with one attached hydrogen (secondary N) is 1. The fraction of sp³-hybridized carbons (Fsp3) is 0.0909. The quantitative estimate of drug-likeness (QED) is 0.337. The number of anilines is 1. The van der Waals surface area contributed by atoms with Crippen LogP contribution in [0.25, 0.3) is 22.6 Å². The van der Waals surface area contributed by atoms with E-state index < -0.39 is 40.5 Å². The number of methoxy groups -OCH3 is 1. The van der Waals surface area contributed by atoms with Crippen LogP contribution >= 0.6 is 0 Å². The van der Waals surface area contributed by atoms with Crippen molar-refractivity contribution in [3.05, 3.63) is 76.9 Å². The van der Waals surface area contributed by atoms with Crippen molar-refractivity contribution in [2.75, 3.05) is 12.4 Å². The van der Waals surface area contributed by atoms with Gasteiger partial charge in [0.05, 0.1) is 7.11 Å². The number of carbonyl (C=O) groups is 1. The maximum absolute atomic E-state index is 14.1. The number of ether oxygens (including phenoxy) is 1. The molecule has 1 aromatic heterocycles. The average Bonchev–Trinajstić information content (AvgIpc) is 3.16. The summed E-state index contributed by atoms with van der Waals surface area (Å²) < 4.78 is 65.9. The van der Waals surface area contributed by atoms with Crippen molar-refractivity contribution in [2.24, 2.45) is 0 Å². The molecule has 31 heavy (non-hydrogen) atoms. The fourth-order valence-corrected chi connectivity index (χ4v) is 3.04. The van der Waals surface area contributed by atoms with Crippen LogP contribution in [0.5, 0.6) is 5.75 Å². The lowest BCUT2D eigenvalue weighted by Gasteiger charge is -2.11. The molecule has 3 aromatic carbocycles. The molecule has 9 heteroatoms. The number of benzene rings is 3. The minimum Gasteiger partial charge on any atom is -0.491 e. The second-order valence-corrected chi connectivity index (χ2v) is 6.69. The summed E-state index contributed by atoms with van der Waals surface area (Å²) in [7, 11) is 0.847. The Kier molecular flexibility index (Phi) is 5.10. The van der Waals surface area contributed by atoms with Crippen molar-refractivity contribution in [1.82, 2.24) is 4.98 Å². The van der Waals surface area contributed by atoms with Gasteiger partial charge in [-0.3, -0.25) is 4.79 Å². The summed E-state index contributed by atoms with van der Waals surface area (Å²) in [6.45, 7) is 1.93. The van der Waals surface area contributed by atoms with Crippen LogP contribution in [0, 0.1) is 30.2 Å². The summed E-state index contributed by atoms with van der Waals surface area (Å²) in [4.78, 5) is 16.7. The predicted molar refractivity (Wildman–Crippen MR) is 105 cm³/mol. The topological polar surface area (TPSA) is 64.4 Å². The van der Waals surface area contributed by atoms with Gasteiger partial charge in [0.25, 0.3) is 5.91 Å². The summed E-state index contributed by atoms with van der Waals surface area (Å²) in [6.07, 6.45) is 0. The van der Waals surface area contributed by atoms with Crippen molar-refractivity contribution in [1.29, 1.82) is 0 Å². The number of hydrogen-bond acceptors (Lipinski definition) is 4. The van der Waals surface area contributed by atoms with Crippen LogP contribution in [0.1, 0.15) is 15.9 Å². The standard InChI is InChI=1S/C22H14F4N2O3/c1-10-3-8-14-13(9-10)28-22(31-14)11-4-6-12(7-5-11)27-21(29)15-16(23)18(25)20(30-2)19(26)17(15)24/h3-9H,1-2H3,(H,27,29). The van der Waals surface area contributed by atoms with Crippen molar-refractivity contribution in [2.45, 2.75) is 6.92 Å². The van der Waals surface area contributed by atoms with Gasteiger partial charge in [-0.05, 0) is 48.9 Å². The van der Waals surface area contributed by atoms with E-state index in [2.05, 4.69) is 15.0 Å². The summed E-state index contributed by atoms with van der Waals surface area (Å²) in [5.74, 6) is -9.57. The highest BCUT2D eigenvalue weighted by molar-refractivity contribution is 6.05. The molecule has 1 amide bonds. The zero-order valence-electron chi connectivity index (χ0n) is 16.2. The largest absolute Gasteiger partial charge is 0.491 e. The number of fused-ring (bicyclic) bond motifs is 1. The molecule has 0 unspecified atom stereocenters. The van der Waals surface area contributed by atoms with Gasteiger partial charge in [0.1, 0.15) is 11.1 Å². The molecule has 0 atom stereocenters. The number of hydrogen-bond donors (Lipinski definition) is 1. The Balaban J connectivity index is 1.60. The molecule has 0 radical (unpaired) electrons. The lowest BCUT2D eigenvalue weighted by molar-refractivity contribution is 0.101. The number of aromatic nitrogens is 1. The number of halogens is 4. The molecule has 1 heterocycles. The minimum absolute atomic E-state index is 0.135. The van der Waals surface area contributed by atoms with E-state index in [0.717, 1.165) is 12.7 Å². The van der Waals surface area contributed by atoms with Crippen molar-refractivity contribution in [3.63, 3.8) is 0 Å². The van der Waals surface area contributed by atoms with Gasteiger partial charge in [0.2, 0.25) is 17.5 Å². The van der Waals surface area contributed by atoms with E-state index in [1.807, 2.05) is 19.1 Å². The Labute approximate surface area is 173 Å². The first kappa shape index (κ1) is 20.4. The Bertz CT molecular complexity index is 1290. The number of nitrogens with zero attached hydrogens (tertiary/aromatic N) is 1. The number of oxazole rings is 1. The van der Waals surface area contributed by atoms with E-state index in [0.29, 0.717) is 22.6 Å². The monoisotopic (exact) mass is 430 g/mol. The van der Waals surface area contributed by atoms with Gasteiger partial charge in [0.15, 0.2) is 23.0 Å². The first-order valence-electron chi connectivity index (χ1n) is 8.99. The molecule has 0 bridgehead atoms. The van der Waals surface area contributed by atoms with Crippen LogP contribution in [-0.4, -0.2) is 18.0 Å². The van der Waals surface area contributed by atoms with Crippen LogP contribution in [0.4, 0.5) is 23.2 Å². The zero-order valence-corrected chi connectivity index (χ0v) is 16.2. The molecule has 5 nitrogen and oxygen atoms in total. The number of carbonyl (C=O) groups excluding carboxylic acids is 1. The predicted octanol–water partition coefficient (Wildman–Crippen LogP) is 5.62. The summed E-state index contributed by atoms with van der Waals surface area (Å²) in [6, 6.07) is 11.5. The second-order valence-electron chi connectivity index (χ2n) is 6.69. The molecule has 0 spiro atoms. The Morgan fingerprint density at radius 1 is 0.968 bits per heavy atom. The highest BCUT2D eigenvalue weighted by Gasteiger charge is 2.30. The van der Waals surface area contributed by atoms with Gasteiger partial charge in [-0.2, -0.15) is 8.78 Å². The summed E-state index contributed by atoms with van der Waals surface area (Å²) in [5.41, 5.74) is 1.64.